The van der Waals surface area contributed by atoms with Crippen molar-refractivity contribution < 1.29 is 31.5 Å². The van der Waals surface area contributed by atoms with Gasteiger partial charge in [-0.25, -0.2) is 22.0 Å². The van der Waals surface area contributed by atoms with Gasteiger partial charge in [-0.15, -0.1) is 0 Å². The molecule has 0 bridgehead atoms. The van der Waals surface area contributed by atoms with Gasteiger partial charge in [-0.1, -0.05) is 29.8 Å². The number of carbonyl (C=O) groups is 1. The standard InChI is InChI=1S/C25H15BrF5IN2O2/c1-11-3-5-13(6-4-11)10-36-24-16(26)8-14(9-17(24)32)7-15-12(2)33-34(25(15)35)23-21(30)19(28)18(27)20(29)22(23)31/h3-9H,10H2,1-2H3/b15-7+. The van der Waals surface area contributed by atoms with Crippen LogP contribution in [0.4, 0.5) is 27.6 Å². The average molecular weight is 677 g/mol. The first kappa shape index (κ1) is 26.3. The predicted octanol–water partition coefficient (Wildman–Crippen LogP) is 7.44. The van der Waals surface area contributed by atoms with Crippen LogP contribution >= 0.6 is 38.5 Å². The number of nitrogens with zero attached hydrogens (tertiary/aromatic N) is 2. The monoisotopic (exact) mass is 676 g/mol. The summed E-state index contributed by atoms with van der Waals surface area (Å²) in [4.78, 5) is 12.9. The van der Waals surface area contributed by atoms with Crippen molar-refractivity contribution >= 4 is 61.9 Å². The molecule has 0 spiro atoms. The lowest BCUT2D eigenvalue weighted by Gasteiger charge is -2.15. The molecule has 3 aromatic rings. The molecule has 4 rings (SSSR count). The Labute approximate surface area is 224 Å². The van der Waals surface area contributed by atoms with Crippen LogP contribution in [0, 0.1) is 39.6 Å². The fraction of sp³-hybridized carbons (Fsp3) is 0.120. The van der Waals surface area contributed by atoms with Crippen molar-refractivity contribution in [2.45, 2.75) is 20.5 Å². The van der Waals surface area contributed by atoms with Gasteiger partial charge in [-0.3, -0.25) is 4.79 Å². The SMILES string of the molecule is CC1=NN(c2c(F)c(F)c(F)c(F)c2F)C(=O)/C1=C/c1cc(Br)c(OCc2ccc(C)cc2)c(I)c1. The van der Waals surface area contributed by atoms with E-state index in [2.05, 4.69) is 43.6 Å². The van der Waals surface area contributed by atoms with Crippen molar-refractivity contribution in [2.75, 3.05) is 5.01 Å². The summed E-state index contributed by atoms with van der Waals surface area (Å²) in [7, 11) is 0. The summed E-state index contributed by atoms with van der Waals surface area (Å²) >= 11 is 5.51. The molecule has 0 radical (unpaired) electrons. The molecule has 0 atom stereocenters. The van der Waals surface area contributed by atoms with Crippen LogP contribution in [-0.4, -0.2) is 11.6 Å². The summed E-state index contributed by atoms with van der Waals surface area (Å²) < 4.78 is 76.5. The molecular weight excluding hydrogens is 662 g/mol. The normalized spacial score (nSPS) is 14.6. The number of benzene rings is 3. The van der Waals surface area contributed by atoms with E-state index < -0.39 is 40.7 Å². The molecule has 186 valence electrons. The fourth-order valence-corrected chi connectivity index (χ4v) is 5.19. The number of hydrogen-bond donors (Lipinski definition) is 0. The van der Waals surface area contributed by atoms with Gasteiger partial charge in [0.25, 0.3) is 5.91 Å². The highest BCUT2D eigenvalue weighted by Crippen LogP contribution is 2.36. The van der Waals surface area contributed by atoms with Gasteiger partial charge in [0.2, 0.25) is 5.82 Å². The van der Waals surface area contributed by atoms with Gasteiger partial charge in [-0.05, 0) is 81.7 Å². The second kappa shape index (κ2) is 10.3. The number of carbonyl (C=O) groups excluding carboxylic acids is 1. The summed E-state index contributed by atoms with van der Waals surface area (Å²) in [5.41, 5.74) is 1.16. The molecule has 1 amide bonds. The van der Waals surface area contributed by atoms with Gasteiger partial charge in [0.1, 0.15) is 18.0 Å². The Bertz CT molecular complexity index is 1410. The molecule has 3 aromatic carbocycles. The number of anilines is 1. The summed E-state index contributed by atoms with van der Waals surface area (Å²) in [5, 5.41) is 3.92. The third kappa shape index (κ3) is 4.90. The highest BCUT2D eigenvalue weighted by atomic mass is 127. The molecule has 0 aromatic heterocycles. The Balaban J connectivity index is 1.62. The van der Waals surface area contributed by atoms with Crippen molar-refractivity contribution in [3.05, 3.63) is 95.8 Å². The highest BCUT2D eigenvalue weighted by Gasteiger charge is 2.37. The number of hydrazone groups is 1. The first-order chi connectivity index (χ1) is 17.0. The molecule has 0 saturated carbocycles. The minimum Gasteiger partial charge on any atom is -0.487 e. The topological polar surface area (TPSA) is 41.9 Å². The molecule has 1 heterocycles. The van der Waals surface area contributed by atoms with E-state index in [9.17, 15) is 26.7 Å². The lowest BCUT2D eigenvalue weighted by Crippen LogP contribution is -2.25. The van der Waals surface area contributed by atoms with Gasteiger partial charge in [0.05, 0.1) is 19.3 Å². The Morgan fingerprint density at radius 2 is 1.56 bits per heavy atom. The summed E-state index contributed by atoms with van der Waals surface area (Å²) in [6, 6.07) is 11.3. The summed E-state index contributed by atoms with van der Waals surface area (Å²) in [6.45, 7) is 3.70. The second-order valence-electron chi connectivity index (χ2n) is 7.87. The van der Waals surface area contributed by atoms with E-state index in [1.165, 1.54) is 13.0 Å². The molecule has 0 N–H and O–H groups in total. The Morgan fingerprint density at radius 3 is 2.14 bits per heavy atom. The van der Waals surface area contributed by atoms with Gasteiger partial charge in [-0.2, -0.15) is 10.1 Å². The van der Waals surface area contributed by atoms with Crippen LogP contribution in [0.3, 0.4) is 0 Å². The molecule has 0 aliphatic carbocycles. The maximum atomic E-state index is 14.2. The predicted molar refractivity (Wildman–Crippen MR) is 137 cm³/mol. The number of halogens is 7. The van der Waals surface area contributed by atoms with Crippen molar-refractivity contribution in [3.8, 4) is 5.75 Å². The van der Waals surface area contributed by atoms with Gasteiger partial charge in [0.15, 0.2) is 23.3 Å². The van der Waals surface area contributed by atoms with Gasteiger partial charge < -0.3 is 4.74 Å². The largest absolute Gasteiger partial charge is 0.487 e. The van der Waals surface area contributed by atoms with Crippen molar-refractivity contribution in [1.82, 2.24) is 0 Å². The summed E-state index contributed by atoms with van der Waals surface area (Å²) in [6.07, 6.45) is 1.41. The van der Waals surface area contributed by atoms with Crippen LogP contribution in [0.25, 0.3) is 6.08 Å². The smallest absolute Gasteiger partial charge is 0.280 e. The van der Waals surface area contributed by atoms with E-state index >= 15 is 0 Å². The molecule has 1 aliphatic rings. The second-order valence-corrected chi connectivity index (χ2v) is 9.88. The quantitative estimate of drug-likeness (QED) is 0.0927. The molecule has 36 heavy (non-hydrogen) atoms. The fourth-order valence-electron chi connectivity index (χ4n) is 3.42. The molecule has 4 nitrogen and oxygen atoms in total. The van der Waals surface area contributed by atoms with E-state index in [-0.39, 0.29) is 16.3 Å². The van der Waals surface area contributed by atoms with E-state index in [0.29, 0.717) is 26.0 Å². The van der Waals surface area contributed by atoms with E-state index in [0.717, 1.165) is 11.1 Å². The van der Waals surface area contributed by atoms with Crippen LogP contribution in [-0.2, 0) is 11.4 Å². The molecular formula is C25H15BrF5IN2O2. The molecule has 0 fully saturated rings. The Morgan fingerprint density at radius 1 is 0.972 bits per heavy atom. The molecule has 0 saturated heterocycles. The minimum absolute atomic E-state index is 0.0368. The maximum Gasteiger partial charge on any atom is 0.280 e. The first-order valence-corrected chi connectivity index (χ1v) is 12.2. The third-order valence-corrected chi connectivity index (χ3v) is 6.69. The van der Waals surface area contributed by atoms with Crippen molar-refractivity contribution in [1.29, 1.82) is 0 Å². The van der Waals surface area contributed by atoms with Gasteiger partial charge in [0, 0.05) is 0 Å². The van der Waals surface area contributed by atoms with Crippen LogP contribution < -0.4 is 9.75 Å². The van der Waals surface area contributed by atoms with Crippen LogP contribution in [0.5, 0.6) is 5.75 Å². The van der Waals surface area contributed by atoms with E-state index in [4.69, 9.17) is 4.74 Å². The lowest BCUT2D eigenvalue weighted by atomic mass is 10.1. The third-order valence-electron chi connectivity index (χ3n) is 5.30. The molecule has 1 aliphatic heterocycles. The van der Waals surface area contributed by atoms with Gasteiger partial charge >= 0.3 is 0 Å². The van der Waals surface area contributed by atoms with E-state index in [1.807, 2.05) is 31.2 Å². The number of aryl methyl sites for hydroxylation is 1. The number of rotatable bonds is 5. The Hall–Kier alpha value is -2.80. The number of hydrogen-bond acceptors (Lipinski definition) is 3. The van der Waals surface area contributed by atoms with E-state index in [1.54, 1.807) is 12.1 Å². The van der Waals surface area contributed by atoms with Crippen molar-refractivity contribution in [3.63, 3.8) is 0 Å². The number of amides is 1. The van der Waals surface area contributed by atoms with Crippen LogP contribution in [0.1, 0.15) is 23.6 Å². The van der Waals surface area contributed by atoms with Crippen LogP contribution in [0.15, 0.2) is 51.5 Å². The van der Waals surface area contributed by atoms with Crippen molar-refractivity contribution in [2.24, 2.45) is 5.10 Å². The van der Waals surface area contributed by atoms with Crippen LogP contribution in [0.2, 0.25) is 0 Å². The first-order valence-electron chi connectivity index (χ1n) is 10.3. The zero-order valence-corrected chi connectivity index (χ0v) is 22.3. The zero-order chi connectivity index (χ0) is 26.3. The summed E-state index contributed by atoms with van der Waals surface area (Å²) in [5.74, 6) is -11.4. The minimum atomic E-state index is -2.32. The highest BCUT2D eigenvalue weighted by molar-refractivity contribution is 14.1. The Kier molecular flexibility index (Phi) is 7.51. The number of ether oxygens (including phenoxy) is 1. The molecule has 11 heteroatoms. The molecule has 0 unspecified atom stereocenters. The zero-order valence-electron chi connectivity index (χ0n) is 18.6. The average Bonchev–Trinajstić information content (AvgIpc) is 3.10. The maximum absolute atomic E-state index is 14.2. The lowest BCUT2D eigenvalue weighted by molar-refractivity contribution is -0.114.